The Kier molecular flexibility index (Phi) is 6.87. The molecule has 0 heterocycles. The molecule has 2 N–H and O–H groups in total. The molecule has 2 amide bonds. The zero-order valence-corrected chi connectivity index (χ0v) is 16.4. The lowest BCUT2D eigenvalue weighted by atomic mass is 10.0. The maximum atomic E-state index is 12.9. The summed E-state index contributed by atoms with van der Waals surface area (Å²) >= 11 is 0. The molecular weight excluding hydrogens is 387 g/mol. The van der Waals surface area contributed by atoms with Crippen LogP contribution in [0.5, 0.6) is 11.5 Å². The molecule has 2 atom stereocenters. The third kappa shape index (κ3) is 5.86. The minimum atomic E-state index is -3.88. The number of halogens is 1. The van der Waals surface area contributed by atoms with Gasteiger partial charge in [-0.05, 0) is 55.5 Å². The van der Waals surface area contributed by atoms with Gasteiger partial charge in [0.15, 0.2) is 0 Å². The zero-order valence-electron chi connectivity index (χ0n) is 15.6. The molecule has 7 nitrogen and oxygen atoms in total. The van der Waals surface area contributed by atoms with Crippen molar-refractivity contribution in [2.24, 2.45) is 5.92 Å². The highest BCUT2D eigenvalue weighted by molar-refractivity contribution is 7.89. The number of ether oxygens (including phenoxy) is 1. The number of hydrogen-bond donors (Lipinski definition) is 2. The fourth-order valence-corrected chi connectivity index (χ4v) is 3.58. The first-order valence-corrected chi connectivity index (χ1v) is 9.94. The summed E-state index contributed by atoms with van der Waals surface area (Å²) in [6.07, 6.45) is 0. The van der Waals surface area contributed by atoms with E-state index in [-0.39, 0.29) is 10.7 Å². The number of carbonyl (C=O) groups excluding carboxylic acids is 2. The number of carbonyl (C=O) groups is 2. The summed E-state index contributed by atoms with van der Waals surface area (Å²) in [7, 11) is -3.88. The van der Waals surface area contributed by atoms with Crippen molar-refractivity contribution >= 4 is 21.8 Å². The fraction of sp³-hybridized carbons (Fsp3) is 0.263. The predicted molar refractivity (Wildman–Crippen MR) is 101 cm³/mol. The van der Waals surface area contributed by atoms with Crippen LogP contribution in [0.2, 0.25) is 0 Å². The highest BCUT2D eigenvalue weighted by Crippen LogP contribution is 2.23. The SMILES string of the molecule is CC(=O)NC(=O)[C@@H](C)[C@@H](C)NS(=O)(=O)c1ccc(Oc2ccc(F)cc2)cc1. The maximum absolute atomic E-state index is 12.9. The van der Waals surface area contributed by atoms with Crippen molar-refractivity contribution in [2.75, 3.05) is 0 Å². The van der Waals surface area contributed by atoms with Crippen molar-refractivity contribution in [3.05, 3.63) is 54.3 Å². The summed E-state index contributed by atoms with van der Waals surface area (Å²) in [5.74, 6) is -1.42. The predicted octanol–water partition coefficient (Wildman–Crippen LogP) is 2.58. The van der Waals surface area contributed by atoms with Crippen LogP contribution in [0.4, 0.5) is 4.39 Å². The molecule has 0 aliphatic carbocycles. The molecule has 0 aromatic heterocycles. The smallest absolute Gasteiger partial charge is 0.240 e. The number of nitrogens with one attached hydrogen (secondary N) is 2. The van der Waals surface area contributed by atoms with Crippen LogP contribution < -0.4 is 14.8 Å². The van der Waals surface area contributed by atoms with Crippen LogP contribution in [0.25, 0.3) is 0 Å². The molecule has 0 aliphatic rings. The van der Waals surface area contributed by atoms with Gasteiger partial charge in [0.2, 0.25) is 21.8 Å². The molecule has 150 valence electrons. The average molecular weight is 408 g/mol. The molecule has 0 spiro atoms. The van der Waals surface area contributed by atoms with E-state index in [1.165, 1.54) is 69.3 Å². The quantitative estimate of drug-likeness (QED) is 0.733. The second-order valence-electron chi connectivity index (χ2n) is 6.27. The van der Waals surface area contributed by atoms with Crippen LogP contribution in [0.3, 0.4) is 0 Å². The van der Waals surface area contributed by atoms with Crippen molar-refractivity contribution in [1.29, 1.82) is 0 Å². The van der Waals surface area contributed by atoms with Crippen molar-refractivity contribution < 1.29 is 27.1 Å². The van der Waals surface area contributed by atoms with Crippen molar-refractivity contribution in [1.82, 2.24) is 10.0 Å². The lowest BCUT2D eigenvalue weighted by Gasteiger charge is -2.20. The Morgan fingerprint density at radius 2 is 1.46 bits per heavy atom. The van der Waals surface area contributed by atoms with E-state index >= 15 is 0 Å². The van der Waals surface area contributed by atoms with Gasteiger partial charge in [0.05, 0.1) is 10.8 Å². The molecule has 0 saturated heterocycles. The molecule has 0 saturated carbocycles. The first kappa shape index (κ1) is 21.5. The van der Waals surface area contributed by atoms with Gasteiger partial charge in [-0.1, -0.05) is 6.92 Å². The molecule has 0 fully saturated rings. The Labute approximate surface area is 163 Å². The average Bonchev–Trinajstić information content (AvgIpc) is 2.62. The lowest BCUT2D eigenvalue weighted by Crippen LogP contribution is -2.44. The lowest BCUT2D eigenvalue weighted by molar-refractivity contribution is -0.131. The summed E-state index contributed by atoms with van der Waals surface area (Å²) in [4.78, 5) is 22.8. The van der Waals surface area contributed by atoms with Gasteiger partial charge < -0.3 is 4.74 Å². The van der Waals surface area contributed by atoms with Crippen LogP contribution in [0.15, 0.2) is 53.4 Å². The van der Waals surface area contributed by atoms with E-state index in [0.717, 1.165) is 0 Å². The summed E-state index contributed by atoms with van der Waals surface area (Å²) in [5.41, 5.74) is 0. The second-order valence-corrected chi connectivity index (χ2v) is 7.99. The number of sulfonamides is 1. The molecule has 2 rings (SSSR count). The number of benzene rings is 2. The molecule has 0 unspecified atom stereocenters. The Morgan fingerprint density at radius 3 is 1.96 bits per heavy atom. The maximum Gasteiger partial charge on any atom is 0.240 e. The summed E-state index contributed by atoms with van der Waals surface area (Å²) in [6.45, 7) is 4.26. The van der Waals surface area contributed by atoms with Crippen molar-refractivity contribution in [3.63, 3.8) is 0 Å². The number of hydrogen-bond acceptors (Lipinski definition) is 5. The Morgan fingerprint density at radius 1 is 0.964 bits per heavy atom. The monoisotopic (exact) mass is 408 g/mol. The van der Waals surface area contributed by atoms with Gasteiger partial charge in [-0.15, -0.1) is 0 Å². The number of rotatable bonds is 7. The highest BCUT2D eigenvalue weighted by Gasteiger charge is 2.26. The Balaban J connectivity index is 2.05. The highest BCUT2D eigenvalue weighted by atomic mass is 32.2. The van der Waals surface area contributed by atoms with Crippen LogP contribution >= 0.6 is 0 Å². The molecule has 0 radical (unpaired) electrons. The molecule has 28 heavy (non-hydrogen) atoms. The van der Waals surface area contributed by atoms with E-state index in [2.05, 4.69) is 10.0 Å². The fourth-order valence-electron chi connectivity index (χ4n) is 2.25. The van der Waals surface area contributed by atoms with Crippen molar-refractivity contribution in [3.8, 4) is 11.5 Å². The first-order chi connectivity index (χ1) is 13.1. The zero-order chi connectivity index (χ0) is 20.9. The molecule has 0 aliphatic heterocycles. The van der Waals surface area contributed by atoms with Crippen LogP contribution in [-0.2, 0) is 19.6 Å². The van der Waals surface area contributed by atoms with E-state index in [1.807, 2.05) is 0 Å². The molecule has 0 bridgehead atoms. The first-order valence-electron chi connectivity index (χ1n) is 8.46. The Bertz CT molecular complexity index is 943. The summed E-state index contributed by atoms with van der Waals surface area (Å²) in [5, 5.41) is 2.13. The van der Waals surface area contributed by atoms with Gasteiger partial charge in [0.1, 0.15) is 17.3 Å². The van der Waals surface area contributed by atoms with Gasteiger partial charge in [0.25, 0.3) is 0 Å². The summed E-state index contributed by atoms with van der Waals surface area (Å²) < 4.78 is 45.9. The van der Waals surface area contributed by atoms with Crippen LogP contribution in [-0.4, -0.2) is 26.3 Å². The van der Waals surface area contributed by atoms with E-state index in [9.17, 15) is 22.4 Å². The van der Waals surface area contributed by atoms with Gasteiger partial charge in [-0.3, -0.25) is 14.9 Å². The van der Waals surface area contributed by atoms with E-state index < -0.39 is 33.8 Å². The Hall–Kier alpha value is -2.78. The number of imide groups is 1. The topological polar surface area (TPSA) is 102 Å². The summed E-state index contributed by atoms with van der Waals surface area (Å²) in [6, 6.07) is 10.3. The van der Waals surface area contributed by atoms with E-state index in [1.54, 1.807) is 0 Å². The minimum Gasteiger partial charge on any atom is -0.457 e. The van der Waals surface area contributed by atoms with Gasteiger partial charge >= 0.3 is 0 Å². The minimum absolute atomic E-state index is 0.00928. The molecule has 2 aromatic rings. The molecule has 9 heteroatoms. The third-order valence-corrected chi connectivity index (χ3v) is 5.56. The molecular formula is C19H21FN2O5S. The normalized spacial score (nSPS) is 13.4. The van der Waals surface area contributed by atoms with E-state index in [0.29, 0.717) is 11.5 Å². The largest absolute Gasteiger partial charge is 0.457 e. The third-order valence-electron chi connectivity index (χ3n) is 3.99. The van der Waals surface area contributed by atoms with Crippen LogP contribution in [0.1, 0.15) is 20.8 Å². The van der Waals surface area contributed by atoms with Gasteiger partial charge in [-0.2, -0.15) is 0 Å². The second kappa shape index (κ2) is 8.94. The standard InChI is InChI=1S/C19H21FN2O5S/c1-12(19(24)21-14(3)23)13(2)22-28(25,26)18-10-8-17(9-11-18)27-16-6-4-15(20)5-7-16/h4-13,22H,1-3H3,(H,21,23,24)/t12-,13+/m0/s1. The van der Waals surface area contributed by atoms with Crippen molar-refractivity contribution in [2.45, 2.75) is 31.7 Å². The van der Waals surface area contributed by atoms with Crippen LogP contribution in [0, 0.1) is 11.7 Å². The number of amides is 2. The molecule has 2 aromatic carbocycles. The van der Waals surface area contributed by atoms with Gasteiger partial charge in [0, 0.05) is 13.0 Å². The van der Waals surface area contributed by atoms with Gasteiger partial charge in [-0.25, -0.2) is 17.5 Å². The van der Waals surface area contributed by atoms with E-state index in [4.69, 9.17) is 4.74 Å².